The lowest BCUT2D eigenvalue weighted by Gasteiger charge is -2.35. The third-order valence-electron chi connectivity index (χ3n) is 4.69. The normalized spacial score (nSPS) is 15.1. The van der Waals surface area contributed by atoms with Gasteiger partial charge in [-0.2, -0.15) is 13.2 Å². The van der Waals surface area contributed by atoms with E-state index < -0.39 is 22.4 Å². The molecule has 0 atom stereocenters. The number of benzene rings is 2. The molecule has 2 aromatic carbocycles. The van der Waals surface area contributed by atoms with Crippen molar-refractivity contribution in [2.45, 2.75) is 6.18 Å². The molecule has 30 heavy (non-hydrogen) atoms. The fourth-order valence-electron chi connectivity index (χ4n) is 3.23. The number of hydrogen-bond donors (Lipinski definition) is 1. The van der Waals surface area contributed by atoms with Crippen molar-refractivity contribution in [2.75, 3.05) is 42.9 Å². The lowest BCUT2D eigenvalue weighted by atomic mass is 10.1. The van der Waals surface area contributed by atoms with Crippen molar-refractivity contribution in [1.82, 2.24) is 4.90 Å². The Balaban J connectivity index is 1.61. The van der Waals surface area contributed by atoms with Crippen molar-refractivity contribution in [1.29, 1.82) is 0 Å². The van der Waals surface area contributed by atoms with Gasteiger partial charge in [0.2, 0.25) is 5.91 Å². The molecule has 1 saturated heterocycles. The molecule has 1 amide bonds. The molecule has 1 aliphatic heterocycles. The van der Waals surface area contributed by atoms with Gasteiger partial charge in [0.1, 0.15) is 5.69 Å². The van der Waals surface area contributed by atoms with E-state index in [1.165, 1.54) is 0 Å². The molecule has 0 bridgehead atoms. The van der Waals surface area contributed by atoms with Crippen LogP contribution in [0.25, 0.3) is 0 Å². The van der Waals surface area contributed by atoms with Gasteiger partial charge in [0, 0.05) is 43.0 Å². The van der Waals surface area contributed by atoms with E-state index in [4.69, 9.17) is 11.6 Å². The fraction of sp³-hybridized carbons (Fsp3) is 0.316. The van der Waals surface area contributed by atoms with Crippen LogP contribution >= 0.6 is 11.6 Å². The number of carbonyl (C=O) groups excluding carboxylic acids is 1. The maximum absolute atomic E-state index is 12.9. The fourth-order valence-corrected chi connectivity index (χ4v) is 3.42. The Hall–Kier alpha value is -2.85. The second-order valence-corrected chi connectivity index (χ2v) is 7.22. The van der Waals surface area contributed by atoms with Gasteiger partial charge in [-0.25, -0.2) is 0 Å². The summed E-state index contributed by atoms with van der Waals surface area (Å²) in [7, 11) is 0. The summed E-state index contributed by atoms with van der Waals surface area (Å²) in [6.07, 6.45) is -4.65. The average Bonchev–Trinajstić information content (AvgIpc) is 2.67. The van der Waals surface area contributed by atoms with Crippen molar-refractivity contribution in [3.63, 3.8) is 0 Å². The molecule has 0 unspecified atom stereocenters. The Morgan fingerprint density at radius 3 is 2.43 bits per heavy atom. The summed E-state index contributed by atoms with van der Waals surface area (Å²) < 4.78 is 38.6. The molecule has 0 radical (unpaired) electrons. The minimum absolute atomic E-state index is 0.120. The number of halogens is 4. The predicted octanol–water partition coefficient (Wildman–Crippen LogP) is 4.03. The minimum atomic E-state index is -4.65. The van der Waals surface area contributed by atoms with E-state index in [0.717, 1.165) is 12.1 Å². The van der Waals surface area contributed by atoms with E-state index >= 15 is 0 Å². The molecule has 0 spiro atoms. The highest BCUT2D eigenvalue weighted by molar-refractivity contribution is 6.30. The monoisotopic (exact) mass is 442 g/mol. The largest absolute Gasteiger partial charge is 0.416 e. The smallest absolute Gasteiger partial charge is 0.363 e. The number of nitro groups is 1. The predicted molar refractivity (Wildman–Crippen MR) is 107 cm³/mol. The summed E-state index contributed by atoms with van der Waals surface area (Å²) >= 11 is 5.89. The van der Waals surface area contributed by atoms with Crippen LogP contribution in [0.2, 0.25) is 5.02 Å². The summed E-state index contributed by atoms with van der Waals surface area (Å²) in [6, 6.07) is 9.27. The van der Waals surface area contributed by atoms with Crippen LogP contribution in [-0.4, -0.2) is 48.5 Å². The number of amides is 1. The summed E-state index contributed by atoms with van der Waals surface area (Å²) in [6.45, 7) is 1.67. The van der Waals surface area contributed by atoms with E-state index in [9.17, 15) is 28.1 Å². The van der Waals surface area contributed by atoms with E-state index in [-0.39, 0.29) is 18.1 Å². The first kappa shape index (κ1) is 21.8. The molecule has 1 aliphatic rings. The van der Waals surface area contributed by atoms with Gasteiger partial charge in [0.05, 0.1) is 17.0 Å². The van der Waals surface area contributed by atoms with E-state index in [2.05, 4.69) is 5.32 Å². The number of nitrogens with one attached hydrogen (secondary N) is 1. The third-order valence-corrected chi connectivity index (χ3v) is 4.92. The van der Waals surface area contributed by atoms with Gasteiger partial charge in [-0.05, 0) is 30.3 Å². The van der Waals surface area contributed by atoms with E-state index in [1.54, 1.807) is 29.2 Å². The number of alkyl halides is 3. The van der Waals surface area contributed by atoms with Gasteiger partial charge in [-0.1, -0.05) is 17.7 Å². The molecule has 1 fully saturated rings. The highest BCUT2D eigenvalue weighted by atomic mass is 35.5. The summed E-state index contributed by atoms with van der Waals surface area (Å²) in [5.41, 5.74) is -0.936. The SMILES string of the molecule is O=C(CN1CCN(c2ccc(C(F)(F)F)cc2[N+](=O)[O-])CC1)Nc1cccc(Cl)c1. The van der Waals surface area contributed by atoms with Crippen molar-refractivity contribution < 1.29 is 22.9 Å². The Labute approximate surface area is 175 Å². The Bertz CT molecular complexity index is 947. The quantitative estimate of drug-likeness (QED) is 0.558. The van der Waals surface area contributed by atoms with Gasteiger partial charge in [0.15, 0.2) is 0 Å². The first-order chi connectivity index (χ1) is 14.1. The first-order valence-corrected chi connectivity index (χ1v) is 9.39. The average molecular weight is 443 g/mol. The van der Waals surface area contributed by atoms with Crippen molar-refractivity contribution in [3.8, 4) is 0 Å². The summed E-state index contributed by atoms with van der Waals surface area (Å²) in [4.78, 5) is 26.2. The molecular weight excluding hydrogens is 425 g/mol. The minimum Gasteiger partial charge on any atom is -0.363 e. The molecular formula is C19H18ClF3N4O3. The molecule has 11 heteroatoms. The molecule has 0 aromatic heterocycles. The first-order valence-electron chi connectivity index (χ1n) is 9.02. The van der Waals surface area contributed by atoms with Crippen LogP contribution in [0.3, 0.4) is 0 Å². The van der Waals surface area contributed by atoms with Gasteiger partial charge in [-0.15, -0.1) is 0 Å². The maximum Gasteiger partial charge on any atom is 0.416 e. The van der Waals surface area contributed by atoms with Gasteiger partial charge < -0.3 is 10.2 Å². The number of anilines is 2. The highest BCUT2D eigenvalue weighted by Gasteiger charge is 2.34. The van der Waals surface area contributed by atoms with Crippen molar-refractivity contribution >= 4 is 34.6 Å². The zero-order valence-corrected chi connectivity index (χ0v) is 16.4. The molecule has 160 valence electrons. The zero-order chi connectivity index (χ0) is 21.9. The van der Waals surface area contributed by atoms with Crippen LogP contribution in [-0.2, 0) is 11.0 Å². The molecule has 7 nitrogen and oxygen atoms in total. The second kappa shape index (κ2) is 8.88. The number of nitro benzene ring substituents is 1. The Morgan fingerprint density at radius 2 is 1.83 bits per heavy atom. The number of carbonyl (C=O) groups is 1. The molecule has 2 aromatic rings. The van der Waals surface area contributed by atoms with E-state index in [0.29, 0.717) is 43.0 Å². The number of piperazine rings is 1. The topological polar surface area (TPSA) is 78.7 Å². The molecule has 3 rings (SSSR count). The van der Waals surface area contributed by atoms with Crippen LogP contribution < -0.4 is 10.2 Å². The van der Waals surface area contributed by atoms with Crippen LogP contribution in [0.4, 0.5) is 30.2 Å². The Kier molecular flexibility index (Phi) is 6.47. The number of rotatable bonds is 5. The lowest BCUT2D eigenvalue weighted by Crippen LogP contribution is -2.48. The van der Waals surface area contributed by atoms with Gasteiger partial charge in [-0.3, -0.25) is 19.8 Å². The molecule has 1 N–H and O–H groups in total. The van der Waals surface area contributed by atoms with E-state index in [1.807, 2.05) is 4.90 Å². The van der Waals surface area contributed by atoms with Crippen molar-refractivity contribution in [3.05, 3.63) is 63.2 Å². The lowest BCUT2D eigenvalue weighted by molar-refractivity contribution is -0.384. The van der Waals surface area contributed by atoms with Crippen LogP contribution in [0.5, 0.6) is 0 Å². The van der Waals surface area contributed by atoms with Gasteiger partial charge >= 0.3 is 6.18 Å². The second-order valence-electron chi connectivity index (χ2n) is 6.78. The standard InChI is InChI=1S/C19H18ClF3N4O3/c20-14-2-1-3-15(11-14)24-18(28)12-25-6-8-26(9-7-25)16-5-4-13(19(21,22)23)10-17(16)27(29)30/h1-5,10-11H,6-9,12H2,(H,24,28). The number of hydrogen-bond acceptors (Lipinski definition) is 5. The number of nitrogens with zero attached hydrogens (tertiary/aromatic N) is 3. The van der Waals surface area contributed by atoms with Crippen LogP contribution in [0.1, 0.15) is 5.56 Å². The van der Waals surface area contributed by atoms with Crippen LogP contribution in [0, 0.1) is 10.1 Å². The Morgan fingerprint density at radius 1 is 1.13 bits per heavy atom. The van der Waals surface area contributed by atoms with Crippen molar-refractivity contribution in [2.24, 2.45) is 0 Å². The summed E-state index contributed by atoms with van der Waals surface area (Å²) in [5.74, 6) is -0.230. The van der Waals surface area contributed by atoms with Crippen LogP contribution in [0.15, 0.2) is 42.5 Å². The zero-order valence-electron chi connectivity index (χ0n) is 15.7. The third kappa shape index (κ3) is 5.39. The molecule has 0 aliphatic carbocycles. The molecule has 1 heterocycles. The molecule has 0 saturated carbocycles. The summed E-state index contributed by atoms with van der Waals surface area (Å²) in [5, 5.41) is 14.5. The highest BCUT2D eigenvalue weighted by Crippen LogP contribution is 2.36. The maximum atomic E-state index is 12.9. The van der Waals surface area contributed by atoms with Gasteiger partial charge in [0.25, 0.3) is 5.69 Å².